The van der Waals surface area contributed by atoms with E-state index in [0.29, 0.717) is 55.6 Å². The molecule has 3 heterocycles. The number of cyclic esters (lactones) is 1. The number of nitrogens with one attached hydrogen (secondary N) is 1. The van der Waals surface area contributed by atoms with Crippen LogP contribution in [0.2, 0.25) is 0 Å². The van der Waals surface area contributed by atoms with Crippen molar-refractivity contribution in [2.75, 3.05) is 18.3 Å². The third kappa shape index (κ3) is 7.59. The van der Waals surface area contributed by atoms with Crippen LogP contribution in [0.3, 0.4) is 0 Å². The van der Waals surface area contributed by atoms with Crippen LogP contribution in [0.15, 0.2) is 30.3 Å². The molecular formula is C32H37NO11S. The first-order chi connectivity index (χ1) is 21.4. The Labute approximate surface area is 260 Å². The third-order valence-corrected chi connectivity index (χ3v) is 9.97. The van der Waals surface area contributed by atoms with E-state index < -0.39 is 75.3 Å². The zero-order valence-corrected chi connectivity index (χ0v) is 25.7. The highest BCUT2D eigenvalue weighted by atomic mass is 32.2. The highest BCUT2D eigenvalue weighted by Gasteiger charge is 2.38. The number of aliphatic hydroxyl groups is 1. The van der Waals surface area contributed by atoms with Gasteiger partial charge < -0.3 is 34.8 Å². The molecule has 1 fully saturated rings. The maximum absolute atomic E-state index is 13.5. The number of hydrogen-bond acceptors (Lipinski definition) is 11. The molecule has 0 saturated carbocycles. The molecule has 0 spiro atoms. The fourth-order valence-corrected chi connectivity index (χ4v) is 7.69. The van der Waals surface area contributed by atoms with Crippen LogP contribution in [0.1, 0.15) is 84.8 Å². The number of esters is 1. The Bertz CT molecular complexity index is 1620. The van der Waals surface area contributed by atoms with Gasteiger partial charge in [0, 0.05) is 30.7 Å². The van der Waals surface area contributed by atoms with Crippen LogP contribution in [0.4, 0.5) is 0 Å². The predicted octanol–water partition coefficient (Wildman–Crippen LogP) is 3.10. The lowest BCUT2D eigenvalue weighted by Gasteiger charge is -2.24. The quantitative estimate of drug-likeness (QED) is 0.351. The molecule has 0 bridgehead atoms. The minimum absolute atomic E-state index is 0.0160. The molecule has 1 unspecified atom stereocenters. The summed E-state index contributed by atoms with van der Waals surface area (Å²) >= 11 is 0. The number of ether oxygens (including phenoxy) is 3. The molecule has 4 atom stereocenters. The molecule has 45 heavy (non-hydrogen) atoms. The zero-order chi connectivity index (χ0) is 32.3. The number of sulfone groups is 1. The lowest BCUT2D eigenvalue weighted by Crippen LogP contribution is -2.43. The van der Waals surface area contributed by atoms with Crippen molar-refractivity contribution in [2.45, 2.75) is 76.0 Å². The number of fused-ring (bicyclic) bond motifs is 2. The smallest absolute Gasteiger partial charge is 0.342 e. The molecule has 2 aromatic carbocycles. The zero-order valence-electron chi connectivity index (χ0n) is 24.9. The SMILES string of the molecule is C[C@H]1CCCC(=O)CCC/C=C/c2cc(O)c(C(CC(=O)N[C@H]3CS(=O)(=O)C[C@H]3O)c3ccc4c(c3)OCO4)c(O)c2C(=O)O1. The second-order valence-electron chi connectivity index (χ2n) is 11.8. The molecule has 0 aliphatic carbocycles. The number of phenolic OH excluding ortho intramolecular Hbond substituents is 2. The first kappa shape index (κ1) is 32.3. The third-order valence-electron chi connectivity index (χ3n) is 8.26. The van der Waals surface area contributed by atoms with Gasteiger partial charge in [-0.15, -0.1) is 0 Å². The van der Waals surface area contributed by atoms with Crippen LogP contribution < -0.4 is 14.8 Å². The largest absolute Gasteiger partial charge is 0.507 e. The highest BCUT2D eigenvalue weighted by Crippen LogP contribution is 2.46. The first-order valence-corrected chi connectivity index (χ1v) is 16.8. The number of aliphatic hydroxyl groups excluding tert-OH is 1. The molecule has 12 nitrogen and oxygen atoms in total. The van der Waals surface area contributed by atoms with Crippen LogP contribution in [0, 0.1) is 0 Å². The predicted molar refractivity (Wildman–Crippen MR) is 162 cm³/mol. The van der Waals surface area contributed by atoms with E-state index in [0.717, 1.165) is 0 Å². The normalized spacial score (nSPS) is 24.6. The van der Waals surface area contributed by atoms with Gasteiger partial charge in [-0.25, -0.2) is 13.2 Å². The van der Waals surface area contributed by atoms with Gasteiger partial charge in [0.25, 0.3) is 0 Å². The lowest BCUT2D eigenvalue weighted by molar-refractivity contribution is -0.122. The first-order valence-electron chi connectivity index (χ1n) is 15.0. The van der Waals surface area contributed by atoms with Crippen LogP contribution in [-0.2, 0) is 24.2 Å². The van der Waals surface area contributed by atoms with Crippen molar-refractivity contribution in [2.24, 2.45) is 0 Å². The molecule has 0 radical (unpaired) electrons. The number of rotatable bonds is 5. The minimum atomic E-state index is -3.54. The summed E-state index contributed by atoms with van der Waals surface area (Å²) in [6, 6.07) is 5.14. The van der Waals surface area contributed by atoms with Crippen molar-refractivity contribution in [3.05, 3.63) is 52.6 Å². The molecule has 242 valence electrons. The number of Topliss-reactive ketones (excluding diaryl/α,β-unsaturated/α-hetero) is 1. The molecule has 4 N–H and O–H groups in total. The maximum Gasteiger partial charge on any atom is 0.342 e. The summed E-state index contributed by atoms with van der Waals surface area (Å²) in [6.07, 6.45) is 4.02. The number of aromatic hydroxyl groups is 2. The van der Waals surface area contributed by atoms with E-state index in [9.17, 15) is 38.1 Å². The van der Waals surface area contributed by atoms with Gasteiger partial charge in [-0.2, -0.15) is 0 Å². The molecule has 1 saturated heterocycles. The number of allylic oxidation sites excluding steroid dienone is 1. The van der Waals surface area contributed by atoms with Gasteiger partial charge in [0.05, 0.1) is 29.8 Å². The van der Waals surface area contributed by atoms with Gasteiger partial charge in [-0.3, -0.25) is 9.59 Å². The van der Waals surface area contributed by atoms with E-state index >= 15 is 0 Å². The molecule has 0 aromatic heterocycles. The lowest BCUT2D eigenvalue weighted by atomic mass is 9.84. The molecule has 3 aliphatic heterocycles. The Morgan fingerprint density at radius 1 is 1.07 bits per heavy atom. The van der Waals surface area contributed by atoms with Crippen LogP contribution in [0.5, 0.6) is 23.0 Å². The molecule has 13 heteroatoms. The van der Waals surface area contributed by atoms with Gasteiger partial charge in [0.15, 0.2) is 21.3 Å². The van der Waals surface area contributed by atoms with Crippen molar-refractivity contribution >= 4 is 33.6 Å². The monoisotopic (exact) mass is 643 g/mol. The molecule has 3 aliphatic rings. The highest BCUT2D eigenvalue weighted by molar-refractivity contribution is 7.91. The second kappa shape index (κ2) is 13.5. The van der Waals surface area contributed by atoms with Crippen molar-refractivity contribution in [3.8, 4) is 23.0 Å². The Balaban J connectivity index is 1.55. The number of carbonyl (C=O) groups is 3. The van der Waals surface area contributed by atoms with Crippen molar-refractivity contribution in [3.63, 3.8) is 0 Å². The van der Waals surface area contributed by atoms with E-state index in [1.165, 1.54) is 6.07 Å². The van der Waals surface area contributed by atoms with Crippen molar-refractivity contribution < 1.29 is 52.3 Å². The fourth-order valence-electron chi connectivity index (χ4n) is 5.95. The topological polar surface area (TPSA) is 186 Å². The summed E-state index contributed by atoms with van der Waals surface area (Å²) in [6.45, 7) is 1.68. The van der Waals surface area contributed by atoms with E-state index in [2.05, 4.69) is 5.32 Å². The van der Waals surface area contributed by atoms with Gasteiger partial charge in [0.2, 0.25) is 12.7 Å². The summed E-state index contributed by atoms with van der Waals surface area (Å²) in [5, 5.41) is 35.8. The standard InChI is InChI=1S/C32H37NO11S/c1-18-6-5-9-21(34)8-4-2-3-7-20-12-24(35)30(31(38)29(20)32(39)44-18)22(19-10-11-26-27(13-19)43-17-42-26)14-28(37)33-23-15-45(40,41)16-25(23)36/h3,7,10-13,18,22-23,25,35-36,38H,2,4-6,8-9,14-17H2,1H3,(H,33,37)/b7-3+/t18-,22?,23-,25+/m0/s1. The Kier molecular flexibility index (Phi) is 9.68. The average Bonchev–Trinajstić information content (AvgIpc) is 3.53. The summed E-state index contributed by atoms with van der Waals surface area (Å²) in [5.74, 6) is -3.42. The number of benzene rings is 2. The van der Waals surface area contributed by atoms with E-state index in [-0.39, 0.29) is 29.3 Å². The number of ketones is 1. The van der Waals surface area contributed by atoms with Gasteiger partial charge in [0.1, 0.15) is 22.8 Å². The average molecular weight is 644 g/mol. The van der Waals surface area contributed by atoms with Crippen LogP contribution in [0.25, 0.3) is 6.08 Å². The van der Waals surface area contributed by atoms with Crippen molar-refractivity contribution in [1.82, 2.24) is 5.32 Å². The summed E-state index contributed by atoms with van der Waals surface area (Å²) in [7, 11) is -3.54. The van der Waals surface area contributed by atoms with E-state index in [4.69, 9.17) is 14.2 Å². The number of carbonyl (C=O) groups excluding carboxylic acids is 3. The van der Waals surface area contributed by atoms with Gasteiger partial charge in [-0.1, -0.05) is 18.2 Å². The van der Waals surface area contributed by atoms with Crippen LogP contribution in [-0.4, -0.2) is 77.9 Å². The fraction of sp³-hybridized carbons (Fsp3) is 0.469. The maximum atomic E-state index is 13.5. The van der Waals surface area contributed by atoms with Crippen LogP contribution >= 0.6 is 0 Å². The summed E-state index contributed by atoms with van der Waals surface area (Å²) in [4.78, 5) is 39.0. The Morgan fingerprint density at radius 2 is 1.82 bits per heavy atom. The number of amides is 1. The molecular weight excluding hydrogens is 606 g/mol. The summed E-state index contributed by atoms with van der Waals surface area (Å²) in [5.41, 5.74) is 0.319. The second-order valence-corrected chi connectivity index (χ2v) is 13.9. The summed E-state index contributed by atoms with van der Waals surface area (Å²) < 4.78 is 40.6. The minimum Gasteiger partial charge on any atom is -0.507 e. The Hall–Kier alpha value is -4.10. The van der Waals surface area contributed by atoms with Gasteiger partial charge in [-0.05, 0) is 61.9 Å². The molecule has 5 rings (SSSR count). The Morgan fingerprint density at radius 3 is 2.58 bits per heavy atom. The molecule has 1 amide bonds. The number of hydrogen-bond donors (Lipinski definition) is 4. The van der Waals surface area contributed by atoms with Gasteiger partial charge >= 0.3 is 5.97 Å². The number of phenols is 2. The van der Waals surface area contributed by atoms with E-state index in [1.54, 1.807) is 37.3 Å². The molecule has 2 aromatic rings. The van der Waals surface area contributed by atoms with E-state index in [1.807, 2.05) is 0 Å². The van der Waals surface area contributed by atoms with Crippen molar-refractivity contribution in [1.29, 1.82) is 0 Å².